The smallest absolute Gasteiger partial charge is 0.193 e. The molecule has 0 spiro atoms. The number of hydrogen-bond donors (Lipinski definition) is 0. The highest BCUT2D eigenvalue weighted by molar-refractivity contribution is 9.11. The molecule has 0 fully saturated rings. The summed E-state index contributed by atoms with van der Waals surface area (Å²) in [5.74, 6) is 0.0860. The minimum atomic E-state index is -0.199. The Morgan fingerprint density at radius 3 is 2.42 bits per heavy atom. The quantitative estimate of drug-likeness (QED) is 0.595. The first-order valence-corrected chi connectivity index (χ1v) is 8.63. The van der Waals surface area contributed by atoms with Gasteiger partial charge in [0.25, 0.3) is 0 Å². The molecule has 0 heterocycles. The van der Waals surface area contributed by atoms with Gasteiger partial charge in [-0.15, -0.1) is 0 Å². The molecule has 0 saturated carbocycles. The van der Waals surface area contributed by atoms with Gasteiger partial charge in [0, 0.05) is 21.0 Å². The van der Waals surface area contributed by atoms with Gasteiger partial charge in [-0.05, 0) is 34.4 Å². The molecule has 0 saturated heterocycles. The maximum atomic E-state index is 13.0. The summed E-state index contributed by atoms with van der Waals surface area (Å²) in [5, 5.41) is 0. The van der Waals surface area contributed by atoms with Gasteiger partial charge in [0.1, 0.15) is 0 Å². The van der Waals surface area contributed by atoms with Crippen LogP contribution in [0.3, 0.4) is 0 Å². The van der Waals surface area contributed by atoms with Crippen LogP contribution < -0.4 is 0 Å². The zero-order chi connectivity index (χ0) is 17.5. The van der Waals surface area contributed by atoms with E-state index in [0.717, 1.165) is 37.9 Å². The summed E-state index contributed by atoms with van der Waals surface area (Å²) in [4.78, 5) is 13.0. The highest BCUT2D eigenvalue weighted by atomic mass is 79.9. The zero-order valence-electron chi connectivity index (χ0n) is 13.9. The van der Waals surface area contributed by atoms with Crippen molar-refractivity contribution >= 4 is 27.3 Å². The molecule has 3 rings (SSSR count). The predicted octanol–water partition coefficient (Wildman–Crippen LogP) is 6.03. The van der Waals surface area contributed by atoms with Crippen LogP contribution in [0.25, 0.3) is 5.57 Å². The number of benzene rings is 2. The van der Waals surface area contributed by atoms with Crippen LogP contribution in [0, 0.1) is 0 Å². The van der Waals surface area contributed by atoms with E-state index in [1.165, 1.54) is 0 Å². The molecule has 1 aliphatic carbocycles. The average molecular weight is 379 g/mol. The number of carbonyl (C=O) groups excluding carboxylic acids is 1. The summed E-state index contributed by atoms with van der Waals surface area (Å²) >= 11 is 3.35. The summed E-state index contributed by atoms with van der Waals surface area (Å²) in [5.41, 5.74) is 5.41. The fourth-order valence-corrected chi connectivity index (χ4v) is 3.65. The number of carbonyl (C=O) groups is 1. The highest BCUT2D eigenvalue weighted by Gasteiger charge is 2.36. The van der Waals surface area contributed by atoms with Crippen LogP contribution >= 0.6 is 15.9 Å². The Kier molecular flexibility index (Phi) is 4.18. The van der Waals surface area contributed by atoms with Crippen LogP contribution in [0.4, 0.5) is 0 Å². The van der Waals surface area contributed by atoms with E-state index in [1.807, 2.05) is 42.5 Å². The molecule has 0 aromatic heterocycles. The van der Waals surface area contributed by atoms with E-state index < -0.39 is 0 Å². The summed E-state index contributed by atoms with van der Waals surface area (Å²) in [6, 6.07) is 14.0. The van der Waals surface area contributed by atoms with Gasteiger partial charge in [-0.25, -0.2) is 0 Å². The van der Waals surface area contributed by atoms with Gasteiger partial charge >= 0.3 is 0 Å². The largest absolute Gasteiger partial charge is 0.289 e. The summed E-state index contributed by atoms with van der Waals surface area (Å²) < 4.78 is 0.770. The maximum absolute atomic E-state index is 13.0. The minimum absolute atomic E-state index is 0.0860. The van der Waals surface area contributed by atoms with E-state index in [-0.39, 0.29) is 11.2 Å². The van der Waals surface area contributed by atoms with Gasteiger partial charge in [0.2, 0.25) is 0 Å². The van der Waals surface area contributed by atoms with Gasteiger partial charge in [-0.2, -0.15) is 0 Å². The Morgan fingerprint density at radius 1 is 1.08 bits per heavy atom. The van der Waals surface area contributed by atoms with Crippen molar-refractivity contribution in [1.29, 1.82) is 0 Å². The molecule has 1 nitrogen and oxygen atoms in total. The fourth-order valence-electron chi connectivity index (χ4n) is 3.40. The molecule has 120 valence electrons. The van der Waals surface area contributed by atoms with Gasteiger partial charge in [0.15, 0.2) is 5.78 Å². The van der Waals surface area contributed by atoms with E-state index >= 15 is 0 Å². The number of fused-ring (bicyclic) bond motifs is 2. The SMILES string of the molecule is C=C/C(=C\C(=C)Br)c1ccc2c(c1)C(=O)c1ccccc1C2(C)C. The van der Waals surface area contributed by atoms with Crippen molar-refractivity contribution in [2.45, 2.75) is 19.3 Å². The molecule has 0 N–H and O–H groups in total. The Morgan fingerprint density at radius 2 is 1.75 bits per heavy atom. The molecule has 0 aliphatic heterocycles. The number of halogens is 1. The number of allylic oxidation sites excluding steroid dienone is 4. The van der Waals surface area contributed by atoms with E-state index in [4.69, 9.17) is 0 Å². The first-order chi connectivity index (χ1) is 11.4. The van der Waals surface area contributed by atoms with Crippen molar-refractivity contribution in [3.8, 4) is 0 Å². The van der Waals surface area contributed by atoms with Crippen molar-refractivity contribution in [2.24, 2.45) is 0 Å². The van der Waals surface area contributed by atoms with Gasteiger partial charge in [-0.1, -0.05) is 85.4 Å². The Labute approximate surface area is 151 Å². The molecule has 0 radical (unpaired) electrons. The third kappa shape index (κ3) is 2.61. The van der Waals surface area contributed by atoms with Gasteiger partial charge < -0.3 is 0 Å². The minimum Gasteiger partial charge on any atom is -0.289 e. The summed E-state index contributed by atoms with van der Waals surface area (Å²) in [6.45, 7) is 12.1. The van der Waals surface area contributed by atoms with E-state index in [0.29, 0.717) is 0 Å². The maximum Gasteiger partial charge on any atom is 0.193 e. The van der Waals surface area contributed by atoms with Crippen LogP contribution in [-0.4, -0.2) is 5.78 Å². The van der Waals surface area contributed by atoms with Crippen molar-refractivity contribution in [3.63, 3.8) is 0 Å². The zero-order valence-corrected chi connectivity index (χ0v) is 15.5. The first-order valence-electron chi connectivity index (χ1n) is 7.84. The number of rotatable bonds is 3. The molecule has 0 unspecified atom stereocenters. The number of hydrogen-bond acceptors (Lipinski definition) is 1. The molecule has 2 heteroatoms. The van der Waals surface area contributed by atoms with Crippen LogP contribution in [-0.2, 0) is 5.41 Å². The molecule has 1 aliphatic rings. The molecule has 0 bridgehead atoms. The third-order valence-corrected chi connectivity index (χ3v) is 4.88. The average Bonchev–Trinajstić information content (AvgIpc) is 2.57. The lowest BCUT2D eigenvalue weighted by atomic mass is 9.68. The van der Waals surface area contributed by atoms with Crippen molar-refractivity contribution < 1.29 is 4.79 Å². The second-order valence-corrected chi connectivity index (χ2v) is 7.53. The lowest BCUT2D eigenvalue weighted by molar-refractivity contribution is 0.103. The van der Waals surface area contributed by atoms with Crippen LogP contribution in [0.15, 0.2) is 72.3 Å². The topological polar surface area (TPSA) is 17.1 Å². The van der Waals surface area contributed by atoms with Crippen LogP contribution in [0.5, 0.6) is 0 Å². The lowest BCUT2D eigenvalue weighted by Crippen LogP contribution is -2.30. The Balaban J connectivity index is 2.22. The normalized spacial score (nSPS) is 15.5. The summed E-state index contributed by atoms with van der Waals surface area (Å²) in [7, 11) is 0. The Hall–Kier alpha value is -2.19. The van der Waals surface area contributed by atoms with Gasteiger partial charge in [0.05, 0.1) is 0 Å². The summed E-state index contributed by atoms with van der Waals surface area (Å²) in [6.07, 6.45) is 3.68. The molecule has 0 amide bonds. The standard InChI is InChI=1S/C22H19BrO/c1-5-15(12-14(2)23)16-10-11-20-18(13-16)21(24)17-8-6-7-9-19(17)22(20,3)4/h5-13H,1-2H2,3-4H3/b15-12+. The predicted molar refractivity (Wildman–Crippen MR) is 105 cm³/mol. The monoisotopic (exact) mass is 378 g/mol. The van der Waals surface area contributed by atoms with Crippen molar-refractivity contribution in [2.75, 3.05) is 0 Å². The third-order valence-electron chi connectivity index (χ3n) is 4.65. The fraction of sp³-hybridized carbons (Fsp3) is 0.136. The Bertz CT molecular complexity index is 900. The van der Waals surface area contributed by atoms with E-state index in [1.54, 1.807) is 6.08 Å². The van der Waals surface area contributed by atoms with Crippen LogP contribution in [0.1, 0.15) is 46.5 Å². The molecular weight excluding hydrogens is 360 g/mol. The highest BCUT2D eigenvalue weighted by Crippen LogP contribution is 2.41. The molecule has 24 heavy (non-hydrogen) atoms. The molecule has 0 atom stereocenters. The van der Waals surface area contributed by atoms with Crippen molar-refractivity contribution in [1.82, 2.24) is 0 Å². The molecular formula is C22H19BrO. The van der Waals surface area contributed by atoms with E-state index in [9.17, 15) is 4.79 Å². The molecule has 2 aromatic carbocycles. The second kappa shape index (κ2) is 6.03. The first kappa shape index (κ1) is 16.7. The van der Waals surface area contributed by atoms with E-state index in [2.05, 4.69) is 49.0 Å². The lowest BCUT2D eigenvalue weighted by Gasteiger charge is -2.34. The van der Waals surface area contributed by atoms with Crippen molar-refractivity contribution in [3.05, 3.63) is 100 Å². The molecule has 2 aromatic rings. The number of ketones is 1. The second-order valence-electron chi connectivity index (χ2n) is 6.51. The van der Waals surface area contributed by atoms with Gasteiger partial charge in [-0.3, -0.25) is 4.79 Å². The van der Waals surface area contributed by atoms with Crippen LogP contribution in [0.2, 0.25) is 0 Å².